The van der Waals surface area contributed by atoms with E-state index in [0.717, 1.165) is 32.5 Å². The van der Waals surface area contributed by atoms with Crippen LogP contribution in [-0.4, -0.2) is 73.6 Å². The number of likely N-dealkylation sites (tertiary alicyclic amines) is 1. The molecule has 0 aromatic carbocycles. The second kappa shape index (κ2) is 7.94. The standard InChI is InChI=1S/C21H28N6O2/c1-24-15-18(14-23-24)16-26-12-7-21(8-13-26)19(28)27(20(29)25(21)2)11-3-4-17-5-9-22-10-6-17/h5-6,9-10,14-15H,3-4,7-8,11-13,16H2,1-2H3. The molecule has 0 bridgehead atoms. The molecule has 8 heteroatoms. The molecule has 8 nitrogen and oxygen atoms in total. The van der Waals surface area contributed by atoms with Crippen LogP contribution in [0.2, 0.25) is 0 Å². The van der Waals surface area contributed by atoms with Gasteiger partial charge < -0.3 is 4.90 Å². The summed E-state index contributed by atoms with van der Waals surface area (Å²) < 4.78 is 1.80. The van der Waals surface area contributed by atoms with E-state index in [1.165, 1.54) is 16.0 Å². The van der Waals surface area contributed by atoms with Crippen molar-refractivity contribution >= 4 is 11.9 Å². The molecule has 4 rings (SSSR count). The van der Waals surface area contributed by atoms with Crippen molar-refractivity contribution in [3.63, 3.8) is 0 Å². The van der Waals surface area contributed by atoms with Gasteiger partial charge in [-0.15, -0.1) is 0 Å². The van der Waals surface area contributed by atoms with Gasteiger partial charge in [-0.05, 0) is 43.4 Å². The Morgan fingerprint density at radius 3 is 2.45 bits per heavy atom. The normalized spacial score (nSPS) is 19.5. The minimum atomic E-state index is -0.681. The van der Waals surface area contributed by atoms with Gasteiger partial charge in [0.25, 0.3) is 5.91 Å². The minimum absolute atomic E-state index is 0.0271. The molecule has 154 valence electrons. The Bertz CT molecular complexity index is 872. The molecule has 2 aliphatic rings. The van der Waals surface area contributed by atoms with Crippen LogP contribution in [0.3, 0.4) is 0 Å². The molecule has 2 aromatic heterocycles. The van der Waals surface area contributed by atoms with Gasteiger partial charge in [0.05, 0.1) is 6.20 Å². The second-order valence-corrected chi connectivity index (χ2v) is 8.09. The van der Waals surface area contributed by atoms with Crippen molar-refractivity contribution in [1.82, 2.24) is 29.5 Å². The van der Waals surface area contributed by atoms with Gasteiger partial charge in [0.1, 0.15) is 5.54 Å². The first-order valence-corrected chi connectivity index (χ1v) is 10.2. The number of rotatable bonds is 6. The number of imide groups is 1. The highest BCUT2D eigenvalue weighted by atomic mass is 16.2. The first-order chi connectivity index (χ1) is 14.0. The summed E-state index contributed by atoms with van der Waals surface area (Å²) in [5.41, 5.74) is 1.66. The molecule has 0 atom stereocenters. The number of piperidine rings is 1. The Balaban J connectivity index is 1.35. The molecule has 3 amide bonds. The van der Waals surface area contributed by atoms with E-state index in [1.54, 1.807) is 29.0 Å². The second-order valence-electron chi connectivity index (χ2n) is 8.09. The fourth-order valence-corrected chi connectivity index (χ4v) is 4.48. The zero-order chi connectivity index (χ0) is 20.4. The van der Waals surface area contributed by atoms with Crippen LogP contribution in [0.1, 0.15) is 30.4 Å². The van der Waals surface area contributed by atoms with E-state index in [2.05, 4.69) is 15.0 Å². The Labute approximate surface area is 171 Å². The Morgan fingerprint density at radius 1 is 1.07 bits per heavy atom. The van der Waals surface area contributed by atoms with Gasteiger partial charge in [0, 0.05) is 64.4 Å². The van der Waals surface area contributed by atoms with Crippen molar-refractivity contribution in [2.75, 3.05) is 26.7 Å². The van der Waals surface area contributed by atoms with Crippen molar-refractivity contribution in [3.05, 3.63) is 48.0 Å². The average Bonchev–Trinajstić information content (AvgIpc) is 3.21. The maximum Gasteiger partial charge on any atom is 0.327 e. The van der Waals surface area contributed by atoms with Crippen molar-refractivity contribution in [2.45, 2.75) is 37.8 Å². The van der Waals surface area contributed by atoms with E-state index in [4.69, 9.17) is 0 Å². The van der Waals surface area contributed by atoms with E-state index in [1.807, 2.05) is 31.6 Å². The number of likely N-dealkylation sites (N-methyl/N-ethyl adjacent to an activating group) is 1. The highest BCUT2D eigenvalue weighted by Gasteiger charge is 2.56. The molecule has 0 saturated carbocycles. The number of carbonyl (C=O) groups is 2. The van der Waals surface area contributed by atoms with Crippen LogP contribution in [0.15, 0.2) is 36.9 Å². The molecule has 1 spiro atoms. The van der Waals surface area contributed by atoms with Gasteiger partial charge in [0.15, 0.2) is 0 Å². The van der Waals surface area contributed by atoms with Crippen LogP contribution < -0.4 is 0 Å². The maximum atomic E-state index is 13.2. The fourth-order valence-electron chi connectivity index (χ4n) is 4.48. The molecule has 2 fully saturated rings. The molecular weight excluding hydrogens is 368 g/mol. The van der Waals surface area contributed by atoms with Crippen LogP contribution >= 0.6 is 0 Å². The summed E-state index contributed by atoms with van der Waals surface area (Å²) in [4.78, 5) is 35.5. The first kappa shape index (κ1) is 19.6. The van der Waals surface area contributed by atoms with Gasteiger partial charge in [0.2, 0.25) is 0 Å². The van der Waals surface area contributed by atoms with E-state index in [0.29, 0.717) is 19.4 Å². The van der Waals surface area contributed by atoms with Crippen molar-refractivity contribution < 1.29 is 9.59 Å². The van der Waals surface area contributed by atoms with E-state index in [-0.39, 0.29) is 11.9 Å². The lowest BCUT2D eigenvalue weighted by molar-refractivity contribution is -0.135. The van der Waals surface area contributed by atoms with Crippen LogP contribution in [-0.2, 0) is 24.8 Å². The third-order valence-electron chi connectivity index (χ3n) is 6.25. The number of urea groups is 1. The quantitative estimate of drug-likeness (QED) is 0.695. The predicted octanol–water partition coefficient (Wildman–Crippen LogP) is 1.68. The Kier molecular flexibility index (Phi) is 5.36. The summed E-state index contributed by atoms with van der Waals surface area (Å²) in [6.07, 6.45) is 10.4. The molecule has 0 N–H and O–H groups in total. The lowest BCUT2D eigenvalue weighted by atomic mass is 9.86. The van der Waals surface area contributed by atoms with Crippen LogP contribution in [0, 0.1) is 0 Å². The number of nitrogens with zero attached hydrogens (tertiary/aromatic N) is 6. The van der Waals surface area contributed by atoms with Crippen LogP contribution in [0.25, 0.3) is 0 Å². The zero-order valence-corrected chi connectivity index (χ0v) is 17.1. The lowest BCUT2D eigenvalue weighted by Crippen LogP contribution is -2.55. The molecule has 4 heterocycles. The third kappa shape index (κ3) is 3.76. The highest BCUT2D eigenvalue weighted by Crippen LogP contribution is 2.36. The molecule has 0 radical (unpaired) electrons. The van der Waals surface area contributed by atoms with E-state index in [9.17, 15) is 9.59 Å². The monoisotopic (exact) mass is 396 g/mol. The Hall–Kier alpha value is -2.74. The first-order valence-electron chi connectivity index (χ1n) is 10.2. The van der Waals surface area contributed by atoms with Gasteiger partial charge in [-0.3, -0.25) is 24.3 Å². The number of carbonyl (C=O) groups excluding carboxylic acids is 2. The molecule has 0 aliphatic carbocycles. The molecular formula is C21H28N6O2. The van der Waals surface area contributed by atoms with Gasteiger partial charge in [-0.1, -0.05) is 0 Å². The predicted molar refractivity (Wildman–Crippen MR) is 108 cm³/mol. The van der Waals surface area contributed by atoms with Gasteiger partial charge in [-0.25, -0.2) is 4.79 Å². The number of pyridine rings is 1. The highest BCUT2D eigenvalue weighted by molar-refractivity contribution is 6.07. The summed E-state index contributed by atoms with van der Waals surface area (Å²) in [7, 11) is 3.69. The van der Waals surface area contributed by atoms with Gasteiger partial charge >= 0.3 is 6.03 Å². The average molecular weight is 396 g/mol. The minimum Gasteiger partial charge on any atom is -0.312 e. The van der Waals surface area contributed by atoms with Gasteiger partial charge in [-0.2, -0.15) is 5.10 Å². The number of aryl methyl sites for hydroxylation is 2. The molecule has 29 heavy (non-hydrogen) atoms. The maximum absolute atomic E-state index is 13.2. The molecule has 2 aromatic rings. The van der Waals surface area contributed by atoms with E-state index >= 15 is 0 Å². The number of hydrogen-bond acceptors (Lipinski definition) is 5. The van der Waals surface area contributed by atoms with Crippen LogP contribution in [0.4, 0.5) is 4.79 Å². The summed E-state index contributed by atoms with van der Waals surface area (Å²) in [6, 6.07) is 3.78. The summed E-state index contributed by atoms with van der Waals surface area (Å²) in [5, 5.41) is 4.22. The molecule has 2 aliphatic heterocycles. The third-order valence-corrected chi connectivity index (χ3v) is 6.25. The largest absolute Gasteiger partial charge is 0.327 e. The lowest BCUT2D eigenvalue weighted by Gasteiger charge is -2.40. The van der Waals surface area contributed by atoms with Crippen molar-refractivity contribution in [1.29, 1.82) is 0 Å². The van der Waals surface area contributed by atoms with E-state index < -0.39 is 5.54 Å². The molecule has 2 saturated heterocycles. The Morgan fingerprint density at radius 2 is 1.79 bits per heavy atom. The number of amides is 3. The summed E-state index contributed by atoms with van der Waals surface area (Å²) >= 11 is 0. The molecule has 0 unspecified atom stereocenters. The zero-order valence-electron chi connectivity index (χ0n) is 17.1. The summed E-state index contributed by atoms with van der Waals surface area (Å²) in [6.45, 7) is 2.88. The topological polar surface area (TPSA) is 74.6 Å². The SMILES string of the molecule is CN1C(=O)N(CCCc2ccncc2)C(=O)C12CCN(Cc1cnn(C)c1)CC2. The summed E-state index contributed by atoms with van der Waals surface area (Å²) in [5.74, 6) is -0.0271. The van der Waals surface area contributed by atoms with Crippen molar-refractivity contribution in [3.8, 4) is 0 Å². The number of aromatic nitrogens is 3. The van der Waals surface area contributed by atoms with Crippen LogP contribution in [0.5, 0.6) is 0 Å². The smallest absolute Gasteiger partial charge is 0.312 e. The fraction of sp³-hybridized carbons (Fsp3) is 0.524. The van der Waals surface area contributed by atoms with Crippen molar-refractivity contribution in [2.24, 2.45) is 7.05 Å². The number of hydrogen-bond donors (Lipinski definition) is 0.